The molecular weight excluding hydrogens is 745 g/mol. The molecule has 11 nitrogen and oxygen atoms in total. The average Bonchev–Trinajstić information content (AvgIpc) is 3.56. The molecule has 14 heteroatoms. The number of aromatic nitrogens is 4. The van der Waals surface area contributed by atoms with E-state index in [1.54, 1.807) is 12.3 Å². The standard InChI is InChI=1S/C37H57BrN6O5Si2/c1-25(45)31-14-11-26(21-39-31)30-22-40-44-34(30)41-33(27-19-28-12-13-29(20-27)43(28)36(46)49-37(2,3)4)32(38)35(44)42(23-47-15-17-50(5,6)7)24-48-16-18-51(8,9)10/h11,14,21-22,27-29H,12-13,15-20,23-24H2,1-10H3/t27?,28-,29+. The zero-order valence-electron chi connectivity index (χ0n) is 32.2. The highest BCUT2D eigenvalue weighted by Gasteiger charge is 2.46. The van der Waals surface area contributed by atoms with Crippen molar-refractivity contribution in [1.29, 1.82) is 0 Å². The maximum atomic E-state index is 13.3. The van der Waals surface area contributed by atoms with Gasteiger partial charge in [0.25, 0.3) is 0 Å². The van der Waals surface area contributed by atoms with E-state index in [2.05, 4.69) is 65.1 Å². The van der Waals surface area contributed by atoms with E-state index < -0.39 is 21.7 Å². The number of hydrogen-bond acceptors (Lipinski definition) is 9. The molecule has 3 aromatic rings. The van der Waals surface area contributed by atoms with E-state index in [1.165, 1.54) is 6.92 Å². The van der Waals surface area contributed by atoms with Crippen molar-refractivity contribution in [3.05, 3.63) is 40.4 Å². The number of nitrogens with zero attached hydrogens (tertiary/aromatic N) is 6. The predicted molar refractivity (Wildman–Crippen MR) is 211 cm³/mol. The molecule has 3 aromatic heterocycles. The molecule has 51 heavy (non-hydrogen) atoms. The van der Waals surface area contributed by atoms with Crippen LogP contribution in [0.15, 0.2) is 29.0 Å². The lowest BCUT2D eigenvalue weighted by Crippen LogP contribution is -2.48. The molecule has 5 heterocycles. The van der Waals surface area contributed by atoms with Crippen molar-refractivity contribution >= 4 is 55.4 Å². The molecule has 0 radical (unpaired) electrons. The van der Waals surface area contributed by atoms with Crippen LogP contribution < -0.4 is 4.90 Å². The van der Waals surface area contributed by atoms with Gasteiger partial charge in [0, 0.05) is 71.6 Å². The molecule has 0 aromatic carbocycles. The first-order chi connectivity index (χ1) is 23.8. The molecule has 1 unspecified atom stereocenters. The number of carbonyl (C=O) groups excluding carboxylic acids is 2. The number of halogens is 1. The van der Waals surface area contributed by atoms with Crippen LogP contribution in [0.3, 0.4) is 0 Å². The molecule has 2 fully saturated rings. The van der Waals surface area contributed by atoms with Crippen molar-refractivity contribution < 1.29 is 23.8 Å². The number of pyridine rings is 1. The monoisotopic (exact) mass is 800 g/mol. The molecule has 280 valence electrons. The van der Waals surface area contributed by atoms with E-state index in [-0.39, 0.29) is 29.9 Å². The van der Waals surface area contributed by atoms with E-state index in [1.807, 2.05) is 42.4 Å². The van der Waals surface area contributed by atoms with Gasteiger partial charge in [-0.05, 0) is 80.5 Å². The van der Waals surface area contributed by atoms with Crippen LogP contribution in [-0.2, 0) is 14.2 Å². The number of ether oxygens (including phenoxy) is 3. The van der Waals surface area contributed by atoms with E-state index in [9.17, 15) is 9.59 Å². The van der Waals surface area contributed by atoms with E-state index in [0.717, 1.165) is 64.9 Å². The number of ketones is 1. The van der Waals surface area contributed by atoms with Gasteiger partial charge >= 0.3 is 6.09 Å². The van der Waals surface area contributed by atoms with Gasteiger partial charge in [-0.3, -0.25) is 9.78 Å². The van der Waals surface area contributed by atoms with Gasteiger partial charge in [-0.1, -0.05) is 45.3 Å². The Morgan fingerprint density at radius 2 is 1.53 bits per heavy atom. The summed E-state index contributed by atoms with van der Waals surface area (Å²) in [4.78, 5) is 39.2. The minimum Gasteiger partial charge on any atom is -0.444 e. The summed E-state index contributed by atoms with van der Waals surface area (Å²) in [6.45, 7) is 23.4. The number of anilines is 1. The van der Waals surface area contributed by atoms with Crippen molar-refractivity contribution in [2.24, 2.45) is 0 Å². The summed E-state index contributed by atoms with van der Waals surface area (Å²) in [6.07, 6.45) is 6.77. The number of Topliss-reactive ketones (excluding diaryl/α,β-unsaturated/α-hetero) is 1. The lowest BCUT2D eigenvalue weighted by molar-refractivity contribution is 0.00565. The van der Waals surface area contributed by atoms with Crippen molar-refractivity contribution in [2.45, 2.75) is 128 Å². The third kappa shape index (κ3) is 10.1. The summed E-state index contributed by atoms with van der Waals surface area (Å²) in [7, 11) is -2.60. The molecular formula is C37H57BrN6O5Si2. The van der Waals surface area contributed by atoms with Gasteiger partial charge in [0.15, 0.2) is 17.2 Å². The highest BCUT2D eigenvalue weighted by Crippen LogP contribution is 2.47. The van der Waals surface area contributed by atoms with E-state index in [0.29, 0.717) is 38.0 Å². The van der Waals surface area contributed by atoms with Crippen molar-refractivity contribution in [1.82, 2.24) is 24.5 Å². The Balaban J connectivity index is 1.56. The van der Waals surface area contributed by atoms with Crippen LogP contribution in [0.2, 0.25) is 51.4 Å². The Bertz CT molecular complexity index is 1660. The van der Waals surface area contributed by atoms with Crippen LogP contribution in [0.25, 0.3) is 16.8 Å². The van der Waals surface area contributed by atoms with Gasteiger partial charge in [0.1, 0.15) is 24.8 Å². The van der Waals surface area contributed by atoms with E-state index >= 15 is 0 Å². The largest absolute Gasteiger partial charge is 0.444 e. The number of hydrogen-bond donors (Lipinski definition) is 0. The summed E-state index contributed by atoms with van der Waals surface area (Å²) in [5.74, 6) is 0.833. The molecule has 0 N–H and O–H groups in total. The molecule has 2 aliphatic rings. The van der Waals surface area contributed by atoms with Crippen LogP contribution >= 0.6 is 15.9 Å². The van der Waals surface area contributed by atoms with Crippen LogP contribution in [-0.4, -0.2) is 96.9 Å². The average molecular weight is 802 g/mol. The normalized spacial score (nSPS) is 19.5. The SMILES string of the molecule is CC(=O)c1ccc(-c2cnn3c(N(COCC[Si](C)(C)C)COCC[Si](C)(C)C)c(Br)c(C4C[C@H]5CC[C@@H](C4)N5C(=O)OC(C)(C)C)nc23)cn1. The zero-order chi connectivity index (χ0) is 37.3. The van der Waals surface area contributed by atoms with Gasteiger partial charge in [-0.2, -0.15) is 9.61 Å². The summed E-state index contributed by atoms with van der Waals surface area (Å²) < 4.78 is 21.3. The molecule has 2 saturated heterocycles. The van der Waals surface area contributed by atoms with Gasteiger partial charge in [-0.15, -0.1) is 0 Å². The molecule has 5 rings (SSSR count). The second-order valence-electron chi connectivity index (χ2n) is 17.6. The number of carbonyl (C=O) groups is 2. The van der Waals surface area contributed by atoms with E-state index in [4.69, 9.17) is 24.3 Å². The predicted octanol–water partition coefficient (Wildman–Crippen LogP) is 8.83. The Labute approximate surface area is 314 Å². The first-order valence-electron chi connectivity index (χ1n) is 18.3. The first-order valence-corrected chi connectivity index (χ1v) is 26.5. The van der Waals surface area contributed by atoms with Gasteiger partial charge in [-0.25, -0.2) is 9.78 Å². The van der Waals surface area contributed by atoms with Crippen molar-refractivity contribution in [2.75, 3.05) is 31.6 Å². The van der Waals surface area contributed by atoms with Crippen LogP contribution in [0.1, 0.15) is 75.5 Å². The summed E-state index contributed by atoms with van der Waals surface area (Å²) in [5, 5.41) is 4.89. The van der Waals surface area contributed by atoms with Gasteiger partial charge in [0.05, 0.1) is 16.4 Å². The molecule has 2 bridgehead atoms. The summed E-state index contributed by atoms with van der Waals surface area (Å²) in [5.41, 5.74) is 3.13. The Morgan fingerprint density at radius 3 is 2.02 bits per heavy atom. The first kappa shape index (κ1) is 39.5. The van der Waals surface area contributed by atoms with Crippen LogP contribution in [0, 0.1) is 0 Å². The molecule has 2 aliphatic heterocycles. The Morgan fingerprint density at radius 1 is 0.941 bits per heavy atom. The van der Waals surface area contributed by atoms with Crippen LogP contribution in [0.5, 0.6) is 0 Å². The lowest BCUT2D eigenvalue weighted by Gasteiger charge is -2.39. The summed E-state index contributed by atoms with van der Waals surface area (Å²) in [6, 6.07) is 5.93. The fourth-order valence-electron chi connectivity index (χ4n) is 6.76. The minimum atomic E-state index is -1.30. The summed E-state index contributed by atoms with van der Waals surface area (Å²) >= 11 is 4.04. The minimum absolute atomic E-state index is 0.0792. The van der Waals surface area contributed by atoms with Crippen LogP contribution in [0.4, 0.5) is 10.6 Å². The highest BCUT2D eigenvalue weighted by molar-refractivity contribution is 9.10. The molecule has 3 atom stereocenters. The molecule has 0 spiro atoms. The second-order valence-corrected chi connectivity index (χ2v) is 29.6. The second kappa shape index (κ2) is 15.8. The Kier molecular flexibility index (Phi) is 12.2. The topological polar surface area (TPSA) is 111 Å². The van der Waals surface area contributed by atoms with Crippen molar-refractivity contribution in [3.8, 4) is 11.1 Å². The maximum Gasteiger partial charge on any atom is 0.410 e. The number of piperidine rings is 1. The molecule has 0 aliphatic carbocycles. The molecule has 0 saturated carbocycles. The number of fused-ring (bicyclic) bond motifs is 3. The quantitative estimate of drug-likeness (QED) is 0.0684. The third-order valence-electron chi connectivity index (χ3n) is 9.54. The zero-order valence-corrected chi connectivity index (χ0v) is 35.8. The fraction of sp³-hybridized carbons (Fsp3) is 0.649. The smallest absolute Gasteiger partial charge is 0.410 e. The third-order valence-corrected chi connectivity index (χ3v) is 13.7. The van der Waals surface area contributed by atoms with Gasteiger partial charge < -0.3 is 24.0 Å². The maximum absolute atomic E-state index is 13.3. The number of amides is 1. The molecule has 1 amide bonds. The highest BCUT2D eigenvalue weighted by atomic mass is 79.9. The fourth-order valence-corrected chi connectivity index (χ4v) is 9.11. The number of rotatable bonds is 14. The lowest BCUT2D eigenvalue weighted by atomic mass is 9.88. The van der Waals surface area contributed by atoms with Crippen molar-refractivity contribution in [3.63, 3.8) is 0 Å². The van der Waals surface area contributed by atoms with Gasteiger partial charge in [0.2, 0.25) is 0 Å². The Hall–Kier alpha value is -2.66.